The number of nitrogens with zero attached hydrogens (tertiary/aromatic N) is 1. The monoisotopic (exact) mass is 187 g/mol. The first-order valence-corrected chi connectivity index (χ1v) is 2.09. The normalized spacial score (nSPS) is 14.4. The SMILES string of the molecule is FN(Cl)C(F)(F)C(F)(F)F. The van der Waals surface area contributed by atoms with E-state index < -0.39 is 16.9 Å². The predicted molar refractivity (Wildman–Crippen MR) is 19.8 cm³/mol. The van der Waals surface area contributed by atoms with Crippen molar-refractivity contribution >= 4 is 11.8 Å². The summed E-state index contributed by atoms with van der Waals surface area (Å²) in [5.74, 6) is 0. The molecule has 0 spiro atoms. The molecule has 0 rings (SSSR count). The summed E-state index contributed by atoms with van der Waals surface area (Å²) < 4.78 is 64.5. The second-order valence-corrected chi connectivity index (χ2v) is 1.57. The van der Waals surface area contributed by atoms with Crippen LogP contribution in [-0.2, 0) is 0 Å². The first-order chi connectivity index (χ1) is 4.19. The molecule has 0 aliphatic carbocycles. The number of hydrogen-bond donors (Lipinski definition) is 0. The molecule has 0 aliphatic rings. The van der Waals surface area contributed by atoms with Crippen LogP contribution < -0.4 is 0 Å². The summed E-state index contributed by atoms with van der Waals surface area (Å²) in [5.41, 5.74) is 0. The minimum absolute atomic E-state index is 2.22. The molecule has 0 bridgehead atoms. The second kappa shape index (κ2) is 2.46. The van der Waals surface area contributed by atoms with Crippen molar-refractivity contribution in [2.75, 3.05) is 0 Å². The fraction of sp³-hybridized carbons (Fsp3) is 1.00. The Kier molecular flexibility index (Phi) is 2.42. The Hall–Kier alpha value is -0.170. The summed E-state index contributed by atoms with van der Waals surface area (Å²) in [6.07, 6.45) is -6.00. The van der Waals surface area contributed by atoms with Crippen LogP contribution in [-0.4, -0.2) is 16.9 Å². The highest BCUT2D eigenvalue weighted by Gasteiger charge is 2.63. The third-order valence-corrected chi connectivity index (χ3v) is 0.766. The van der Waals surface area contributed by atoms with Gasteiger partial charge in [-0.15, -0.1) is 4.48 Å². The number of halogens is 7. The molecule has 1 nitrogen and oxygen atoms in total. The number of alkyl halides is 5. The van der Waals surface area contributed by atoms with Crippen LogP contribution in [0.3, 0.4) is 0 Å². The Balaban J connectivity index is 4.40. The molecule has 0 N–H and O–H groups in total. The lowest BCUT2D eigenvalue weighted by Gasteiger charge is -2.19. The Labute approximate surface area is 56.2 Å². The average molecular weight is 187 g/mol. The van der Waals surface area contributed by atoms with E-state index in [9.17, 15) is 26.4 Å². The summed E-state index contributed by atoms with van der Waals surface area (Å²) in [6.45, 7) is 0. The molecule has 0 amide bonds. The van der Waals surface area contributed by atoms with Gasteiger partial charge in [0.15, 0.2) is 0 Å². The largest absolute Gasteiger partial charge is 0.473 e. The maximum Gasteiger partial charge on any atom is 0.473 e. The molecule has 0 saturated heterocycles. The van der Waals surface area contributed by atoms with Crippen LogP contribution in [0.2, 0.25) is 0 Å². The van der Waals surface area contributed by atoms with E-state index >= 15 is 0 Å². The summed E-state index contributed by atoms with van der Waals surface area (Å²) in [5, 5.41) is 0. The molecule has 0 saturated carbocycles. The number of hydrogen-bond acceptors (Lipinski definition) is 1. The van der Waals surface area contributed by atoms with Gasteiger partial charge in [-0.25, -0.2) is 0 Å². The van der Waals surface area contributed by atoms with E-state index in [1.165, 1.54) is 0 Å². The van der Waals surface area contributed by atoms with Gasteiger partial charge in [0.25, 0.3) is 0 Å². The fourth-order valence-corrected chi connectivity index (χ4v) is 0.192. The topological polar surface area (TPSA) is 3.24 Å². The van der Waals surface area contributed by atoms with Gasteiger partial charge in [-0.05, 0) is 0 Å². The minimum atomic E-state index is -6.00. The molecule has 0 aromatic rings. The third kappa shape index (κ3) is 1.66. The molecule has 0 heterocycles. The highest BCUT2D eigenvalue weighted by Crippen LogP contribution is 2.39. The van der Waals surface area contributed by atoms with Gasteiger partial charge < -0.3 is 0 Å². The Morgan fingerprint density at radius 3 is 1.30 bits per heavy atom. The van der Waals surface area contributed by atoms with Gasteiger partial charge in [-0.3, -0.25) is 0 Å². The standard InChI is InChI=1S/C2ClF6N/c3-10(9)2(7,8)1(4,5)6. The molecule has 0 radical (unpaired) electrons. The zero-order chi connectivity index (χ0) is 8.58. The van der Waals surface area contributed by atoms with Crippen molar-refractivity contribution in [1.29, 1.82) is 0 Å². The van der Waals surface area contributed by atoms with E-state index in [1.807, 2.05) is 0 Å². The summed E-state index contributed by atoms with van der Waals surface area (Å²) in [6, 6.07) is -5.63. The van der Waals surface area contributed by atoms with E-state index in [2.05, 4.69) is 11.8 Å². The molecule has 0 aromatic carbocycles. The van der Waals surface area contributed by atoms with Gasteiger partial charge in [0.2, 0.25) is 0 Å². The zero-order valence-electron chi connectivity index (χ0n) is 4.09. The molecule has 0 aliphatic heterocycles. The van der Waals surface area contributed by atoms with Crippen molar-refractivity contribution in [2.45, 2.75) is 12.2 Å². The van der Waals surface area contributed by atoms with Crippen LogP contribution in [0.4, 0.5) is 26.4 Å². The third-order valence-electron chi connectivity index (χ3n) is 0.553. The average Bonchev–Trinajstić information content (AvgIpc) is 1.62. The van der Waals surface area contributed by atoms with Crippen LogP contribution in [0.1, 0.15) is 0 Å². The van der Waals surface area contributed by atoms with Gasteiger partial charge in [0, 0.05) is 16.4 Å². The minimum Gasteiger partial charge on any atom is -0.174 e. The van der Waals surface area contributed by atoms with Crippen LogP contribution in [0.15, 0.2) is 0 Å². The first kappa shape index (κ1) is 9.83. The molecule has 0 aromatic heterocycles. The Morgan fingerprint density at radius 1 is 1.00 bits per heavy atom. The highest BCUT2D eigenvalue weighted by molar-refractivity contribution is 6.12. The van der Waals surface area contributed by atoms with Crippen molar-refractivity contribution < 1.29 is 26.4 Å². The van der Waals surface area contributed by atoms with Gasteiger partial charge in [0.1, 0.15) is 0 Å². The summed E-state index contributed by atoms with van der Waals surface area (Å²) in [4.78, 5) is 0. The zero-order valence-corrected chi connectivity index (χ0v) is 4.85. The maximum atomic E-state index is 11.3. The van der Waals surface area contributed by atoms with E-state index in [0.29, 0.717) is 0 Å². The van der Waals surface area contributed by atoms with Crippen LogP contribution in [0, 0.1) is 0 Å². The smallest absolute Gasteiger partial charge is 0.174 e. The fourth-order valence-electron chi connectivity index (χ4n) is 0.0958. The van der Waals surface area contributed by atoms with E-state index in [4.69, 9.17) is 0 Å². The van der Waals surface area contributed by atoms with Crippen molar-refractivity contribution in [2.24, 2.45) is 0 Å². The predicted octanol–water partition coefficient (Wildman–Crippen LogP) is 2.48. The Bertz CT molecular complexity index is 117. The lowest BCUT2D eigenvalue weighted by Crippen LogP contribution is -2.44. The van der Waals surface area contributed by atoms with Gasteiger partial charge in [-0.2, -0.15) is 22.0 Å². The van der Waals surface area contributed by atoms with Crippen molar-refractivity contribution in [3.63, 3.8) is 0 Å². The highest BCUT2D eigenvalue weighted by atomic mass is 35.5. The lowest BCUT2D eigenvalue weighted by molar-refractivity contribution is -0.351. The van der Waals surface area contributed by atoms with Crippen molar-refractivity contribution in [3.05, 3.63) is 0 Å². The molecule has 10 heavy (non-hydrogen) atoms. The molecule has 0 unspecified atom stereocenters. The van der Waals surface area contributed by atoms with Crippen molar-refractivity contribution in [3.8, 4) is 0 Å². The van der Waals surface area contributed by atoms with Gasteiger partial charge >= 0.3 is 12.2 Å². The van der Waals surface area contributed by atoms with Gasteiger partial charge in [0.05, 0.1) is 0 Å². The quantitative estimate of drug-likeness (QED) is 0.346. The van der Waals surface area contributed by atoms with E-state index in [-0.39, 0.29) is 0 Å². The first-order valence-electron chi connectivity index (χ1n) is 1.76. The summed E-state index contributed by atoms with van der Waals surface area (Å²) >= 11 is 3.75. The lowest BCUT2D eigenvalue weighted by atomic mass is 10.6. The molecular formula is C2ClF6N. The summed E-state index contributed by atoms with van der Waals surface area (Å²) in [7, 11) is 0. The molecule has 8 heteroatoms. The van der Waals surface area contributed by atoms with E-state index in [0.717, 1.165) is 0 Å². The second-order valence-electron chi connectivity index (χ2n) is 1.27. The van der Waals surface area contributed by atoms with Gasteiger partial charge in [-0.1, -0.05) is 0 Å². The molecule has 0 atom stereocenters. The molecule has 62 valence electrons. The van der Waals surface area contributed by atoms with Crippen LogP contribution >= 0.6 is 11.8 Å². The molecule has 0 fully saturated rings. The number of rotatable bonds is 1. The van der Waals surface area contributed by atoms with Crippen LogP contribution in [0.25, 0.3) is 0 Å². The Morgan fingerprint density at radius 2 is 1.30 bits per heavy atom. The van der Waals surface area contributed by atoms with Crippen molar-refractivity contribution in [1.82, 2.24) is 4.64 Å². The van der Waals surface area contributed by atoms with E-state index in [1.54, 1.807) is 0 Å². The maximum absolute atomic E-state index is 11.3. The van der Waals surface area contributed by atoms with Crippen LogP contribution in [0.5, 0.6) is 0 Å². The molecular weight excluding hydrogens is 187 g/mol.